The highest BCUT2D eigenvalue weighted by Gasteiger charge is 1.78. The van der Waals surface area contributed by atoms with E-state index in [1.54, 1.807) is 5.38 Å². The number of carboxylic acid groups (broad SMARTS) is 1. The summed E-state index contributed by atoms with van der Waals surface area (Å²) >= 11 is 1.25. The SMILES string of the molecule is CC(=O)O.Nc1csnn1. The van der Waals surface area contributed by atoms with Gasteiger partial charge >= 0.3 is 0 Å². The molecule has 0 saturated heterocycles. The molecule has 0 aliphatic carbocycles. The fourth-order valence-corrected chi connectivity index (χ4v) is 0.516. The molecule has 0 aliphatic heterocycles. The molecular weight excluding hydrogens is 154 g/mol. The molecule has 1 aromatic heterocycles. The summed E-state index contributed by atoms with van der Waals surface area (Å²) < 4.78 is 3.49. The van der Waals surface area contributed by atoms with Crippen molar-refractivity contribution in [3.8, 4) is 0 Å². The number of aliphatic carboxylic acids is 1. The summed E-state index contributed by atoms with van der Waals surface area (Å²) in [6, 6.07) is 0. The van der Waals surface area contributed by atoms with Crippen LogP contribution in [0, 0.1) is 0 Å². The van der Waals surface area contributed by atoms with Crippen LogP contribution in [0.1, 0.15) is 6.92 Å². The Labute approximate surface area is 61.7 Å². The Hall–Kier alpha value is -1.17. The minimum atomic E-state index is -0.833. The van der Waals surface area contributed by atoms with Gasteiger partial charge in [0.15, 0.2) is 5.82 Å². The molecule has 3 N–H and O–H groups in total. The molecule has 0 aromatic carbocycles. The molecular formula is C4H7N3O2S. The van der Waals surface area contributed by atoms with Gasteiger partial charge in [-0.3, -0.25) is 4.79 Å². The third kappa shape index (κ3) is 6.83. The molecule has 0 unspecified atom stereocenters. The molecule has 0 saturated carbocycles. The lowest BCUT2D eigenvalue weighted by Crippen LogP contribution is -1.81. The molecule has 56 valence electrons. The Morgan fingerprint density at radius 3 is 2.50 bits per heavy atom. The van der Waals surface area contributed by atoms with Gasteiger partial charge in [0.2, 0.25) is 0 Å². The van der Waals surface area contributed by atoms with Gasteiger partial charge in [-0.1, -0.05) is 4.49 Å². The smallest absolute Gasteiger partial charge is 0.300 e. The maximum Gasteiger partial charge on any atom is 0.300 e. The van der Waals surface area contributed by atoms with Crippen LogP contribution in [0.15, 0.2) is 5.38 Å². The summed E-state index contributed by atoms with van der Waals surface area (Å²) in [6.07, 6.45) is 0. The van der Waals surface area contributed by atoms with Gasteiger partial charge in [-0.15, -0.1) is 5.10 Å². The number of nitrogens with zero attached hydrogens (tertiary/aromatic N) is 2. The molecule has 1 rings (SSSR count). The van der Waals surface area contributed by atoms with Crippen molar-refractivity contribution in [1.82, 2.24) is 9.59 Å². The molecule has 1 heterocycles. The van der Waals surface area contributed by atoms with E-state index in [2.05, 4.69) is 9.59 Å². The van der Waals surface area contributed by atoms with Crippen molar-refractivity contribution < 1.29 is 9.90 Å². The lowest BCUT2D eigenvalue weighted by molar-refractivity contribution is -0.134. The van der Waals surface area contributed by atoms with Crippen LogP contribution in [0.4, 0.5) is 5.82 Å². The summed E-state index contributed by atoms with van der Waals surface area (Å²) in [5, 5.41) is 12.6. The monoisotopic (exact) mass is 161 g/mol. The quantitative estimate of drug-likeness (QED) is 0.567. The van der Waals surface area contributed by atoms with Gasteiger partial charge in [-0.2, -0.15) is 0 Å². The molecule has 0 bridgehead atoms. The van der Waals surface area contributed by atoms with Gasteiger partial charge in [0.05, 0.1) is 5.38 Å². The summed E-state index contributed by atoms with van der Waals surface area (Å²) in [5.41, 5.74) is 5.11. The number of nitrogens with two attached hydrogens (primary N) is 1. The first-order valence-corrected chi connectivity index (χ1v) is 3.18. The molecule has 0 fully saturated rings. The molecule has 0 aliphatic rings. The Morgan fingerprint density at radius 1 is 1.90 bits per heavy atom. The van der Waals surface area contributed by atoms with Crippen LogP contribution >= 0.6 is 11.5 Å². The molecule has 5 nitrogen and oxygen atoms in total. The topological polar surface area (TPSA) is 89.1 Å². The first-order valence-electron chi connectivity index (χ1n) is 2.35. The van der Waals surface area contributed by atoms with Gasteiger partial charge in [-0.25, -0.2) is 0 Å². The van der Waals surface area contributed by atoms with Crippen LogP contribution in [0.3, 0.4) is 0 Å². The summed E-state index contributed by atoms with van der Waals surface area (Å²) in [4.78, 5) is 9.00. The molecule has 1 aromatic rings. The summed E-state index contributed by atoms with van der Waals surface area (Å²) in [6.45, 7) is 1.08. The van der Waals surface area contributed by atoms with Crippen LogP contribution in [-0.4, -0.2) is 20.7 Å². The van der Waals surface area contributed by atoms with Gasteiger partial charge < -0.3 is 10.8 Å². The van der Waals surface area contributed by atoms with Crippen LogP contribution in [0.5, 0.6) is 0 Å². The fourth-order valence-electron chi connectivity index (χ4n) is 0.172. The second-order valence-corrected chi connectivity index (χ2v) is 1.96. The minimum absolute atomic E-state index is 0.500. The average Bonchev–Trinajstić information content (AvgIpc) is 2.15. The zero-order valence-electron chi connectivity index (χ0n) is 5.31. The Balaban J connectivity index is 0.000000180. The van der Waals surface area contributed by atoms with Crippen molar-refractivity contribution in [2.75, 3.05) is 5.73 Å². The second kappa shape index (κ2) is 4.68. The second-order valence-electron chi connectivity index (χ2n) is 1.35. The lowest BCUT2D eigenvalue weighted by atomic mass is 10.9. The zero-order valence-corrected chi connectivity index (χ0v) is 6.13. The van der Waals surface area contributed by atoms with E-state index < -0.39 is 5.97 Å². The van der Waals surface area contributed by atoms with E-state index in [4.69, 9.17) is 15.6 Å². The van der Waals surface area contributed by atoms with Crippen molar-refractivity contribution in [2.45, 2.75) is 6.92 Å². The van der Waals surface area contributed by atoms with Crippen LogP contribution in [0.2, 0.25) is 0 Å². The van der Waals surface area contributed by atoms with Gasteiger partial charge in [0, 0.05) is 6.92 Å². The third-order valence-electron chi connectivity index (χ3n) is 0.377. The van der Waals surface area contributed by atoms with Crippen LogP contribution < -0.4 is 5.73 Å². The van der Waals surface area contributed by atoms with E-state index in [1.165, 1.54) is 11.5 Å². The van der Waals surface area contributed by atoms with Crippen molar-refractivity contribution in [3.63, 3.8) is 0 Å². The zero-order chi connectivity index (χ0) is 7.98. The van der Waals surface area contributed by atoms with E-state index >= 15 is 0 Å². The Bertz CT molecular complexity index is 182. The predicted octanol–water partition coefficient (Wildman–Crippen LogP) is 0.211. The minimum Gasteiger partial charge on any atom is -0.481 e. The maximum absolute atomic E-state index is 9.00. The summed E-state index contributed by atoms with van der Waals surface area (Å²) in [5.74, 6) is -0.333. The number of carboxylic acids is 1. The number of carbonyl (C=O) groups is 1. The Morgan fingerprint density at radius 2 is 2.40 bits per heavy atom. The first kappa shape index (κ1) is 8.83. The van der Waals surface area contributed by atoms with Crippen molar-refractivity contribution in [2.24, 2.45) is 0 Å². The van der Waals surface area contributed by atoms with Crippen molar-refractivity contribution >= 4 is 23.3 Å². The van der Waals surface area contributed by atoms with E-state index in [0.29, 0.717) is 5.82 Å². The normalized spacial score (nSPS) is 7.70. The fraction of sp³-hybridized carbons (Fsp3) is 0.250. The van der Waals surface area contributed by atoms with E-state index in [1.807, 2.05) is 0 Å². The third-order valence-corrected chi connectivity index (χ3v) is 0.900. The molecule has 0 radical (unpaired) electrons. The lowest BCUT2D eigenvalue weighted by Gasteiger charge is -1.64. The molecule has 0 spiro atoms. The van der Waals surface area contributed by atoms with Gasteiger partial charge in [0.1, 0.15) is 0 Å². The highest BCUT2D eigenvalue weighted by molar-refractivity contribution is 7.03. The largest absolute Gasteiger partial charge is 0.481 e. The highest BCUT2D eigenvalue weighted by Crippen LogP contribution is 1.94. The molecule has 0 atom stereocenters. The predicted molar refractivity (Wildman–Crippen MR) is 37.6 cm³/mol. The standard InChI is InChI=1S/C2H3N3S.C2H4O2/c3-2-1-6-5-4-2;1-2(3)4/h1H,3H2;1H3,(H,3,4). The van der Waals surface area contributed by atoms with Crippen LogP contribution in [-0.2, 0) is 4.79 Å². The van der Waals surface area contributed by atoms with Gasteiger partial charge in [-0.05, 0) is 11.5 Å². The van der Waals surface area contributed by atoms with E-state index in [-0.39, 0.29) is 0 Å². The first-order chi connectivity index (χ1) is 4.63. The molecule has 0 amide bonds. The number of anilines is 1. The number of nitrogen functional groups attached to an aromatic ring is 1. The average molecular weight is 161 g/mol. The molecule has 10 heavy (non-hydrogen) atoms. The maximum atomic E-state index is 9.00. The number of aromatic nitrogens is 2. The van der Waals surface area contributed by atoms with Crippen molar-refractivity contribution in [1.29, 1.82) is 0 Å². The number of hydrogen-bond donors (Lipinski definition) is 2. The number of hydrogen-bond acceptors (Lipinski definition) is 5. The van der Waals surface area contributed by atoms with E-state index in [0.717, 1.165) is 6.92 Å². The Kier molecular flexibility index (Phi) is 4.14. The van der Waals surface area contributed by atoms with Crippen LogP contribution in [0.25, 0.3) is 0 Å². The highest BCUT2D eigenvalue weighted by atomic mass is 32.1. The van der Waals surface area contributed by atoms with Gasteiger partial charge in [0.25, 0.3) is 5.97 Å². The molecule has 6 heteroatoms. The van der Waals surface area contributed by atoms with E-state index in [9.17, 15) is 0 Å². The number of rotatable bonds is 0. The summed E-state index contributed by atoms with van der Waals surface area (Å²) in [7, 11) is 0. The van der Waals surface area contributed by atoms with Crippen molar-refractivity contribution in [3.05, 3.63) is 5.38 Å².